The van der Waals surface area contributed by atoms with Crippen molar-refractivity contribution in [2.24, 2.45) is 5.92 Å². The van der Waals surface area contributed by atoms with Crippen LogP contribution in [0.3, 0.4) is 0 Å². The van der Waals surface area contributed by atoms with Gasteiger partial charge in [0.15, 0.2) is 0 Å². The van der Waals surface area contributed by atoms with Crippen LogP contribution in [0.15, 0.2) is 18.2 Å². The number of nitrogens with one attached hydrogen (secondary N) is 1. The zero-order valence-corrected chi connectivity index (χ0v) is 16.6. The Morgan fingerprint density at radius 2 is 2.17 bits per heavy atom. The van der Waals surface area contributed by atoms with Gasteiger partial charge in [-0.2, -0.15) is 0 Å². The van der Waals surface area contributed by atoms with Crippen molar-refractivity contribution < 1.29 is 9.59 Å². The molecule has 1 aliphatic carbocycles. The van der Waals surface area contributed by atoms with Crippen molar-refractivity contribution >= 4 is 25.3 Å². The monoisotopic (exact) mass is 387 g/mol. The van der Waals surface area contributed by atoms with Crippen molar-refractivity contribution in [3.63, 3.8) is 0 Å². The van der Waals surface area contributed by atoms with E-state index in [0.717, 1.165) is 16.8 Å². The molecule has 1 aliphatic heterocycles. The second-order valence-corrected chi connectivity index (χ2v) is 7.56. The van der Waals surface area contributed by atoms with Gasteiger partial charge in [0.05, 0.1) is 7.85 Å². The van der Waals surface area contributed by atoms with Gasteiger partial charge in [-0.3, -0.25) is 14.7 Å². The molecular weight excluding hydrogens is 365 g/mol. The van der Waals surface area contributed by atoms with Gasteiger partial charge in [-0.15, -0.1) is 5.10 Å². The number of rotatable bonds is 3. The van der Waals surface area contributed by atoms with Gasteiger partial charge in [-0.25, -0.2) is 4.98 Å². The molecule has 29 heavy (non-hydrogen) atoms. The van der Waals surface area contributed by atoms with Crippen LogP contribution in [0.25, 0.3) is 0 Å². The van der Waals surface area contributed by atoms with Crippen molar-refractivity contribution in [2.45, 2.75) is 38.0 Å². The maximum Gasteiger partial charge on any atom is 0.293 e. The number of amides is 2. The Balaban J connectivity index is 1.55. The van der Waals surface area contributed by atoms with Crippen LogP contribution in [-0.2, 0) is 17.5 Å². The van der Waals surface area contributed by atoms with Gasteiger partial charge in [0.1, 0.15) is 11.9 Å². The summed E-state index contributed by atoms with van der Waals surface area (Å²) in [6, 6.07) is 5.41. The van der Waals surface area contributed by atoms with E-state index in [0.29, 0.717) is 24.6 Å². The molecule has 1 fully saturated rings. The predicted octanol–water partition coefficient (Wildman–Crippen LogP) is 1.28. The Morgan fingerprint density at radius 3 is 2.86 bits per heavy atom. The maximum atomic E-state index is 13.2. The third-order valence-corrected chi connectivity index (χ3v) is 5.45. The Bertz CT molecular complexity index is 1020. The van der Waals surface area contributed by atoms with Crippen molar-refractivity contribution in [1.29, 1.82) is 0 Å². The number of aryl methyl sites for hydroxylation is 1. The van der Waals surface area contributed by atoms with Crippen LogP contribution in [0.1, 0.15) is 46.8 Å². The van der Waals surface area contributed by atoms with E-state index >= 15 is 0 Å². The van der Waals surface area contributed by atoms with Crippen molar-refractivity contribution in [1.82, 2.24) is 20.1 Å². The van der Waals surface area contributed by atoms with Gasteiger partial charge < -0.3 is 9.80 Å². The Labute approximate surface area is 171 Å². The molecule has 0 saturated heterocycles. The third-order valence-electron chi connectivity index (χ3n) is 5.45. The Kier molecular flexibility index (Phi) is 5.14. The van der Waals surface area contributed by atoms with Gasteiger partial charge in [0.2, 0.25) is 11.7 Å². The lowest BCUT2D eigenvalue weighted by Gasteiger charge is -2.28. The first-order valence-electron chi connectivity index (χ1n) is 9.78. The molecule has 1 aromatic carbocycles. The maximum absolute atomic E-state index is 13.2. The molecule has 7 nitrogen and oxygen atoms in total. The lowest BCUT2D eigenvalue weighted by molar-refractivity contribution is -0.122. The summed E-state index contributed by atoms with van der Waals surface area (Å²) >= 11 is 0. The molecule has 4 rings (SSSR count). The number of aromatic amines is 1. The molecule has 2 radical (unpaired) electrons. The minimum absolute atomic E-state index is 0.0165. The van der Waals surface area contributed by atoms with Crippen LogP contribution >= 0.6 is 0 Å². The SMILES string of the molecule is [B]Cc1nc(C(=O)N(C)[C@H]2CCc3ccc(C#CC4CC4)cc3N(C)C2=O)n[nH]1. The molecule has 2 aromatic rings. The standard InChI is InChI=1S/C21H22BN5O2/c1-26(21(29)19-23-18(12-22)24-25-19)16-10-9-15-8-7-14(6-5-13-3-4-13)11-17(15)27(2)20(16)28/h7-8,11,13,16H,3-4,9-10,12H2,1-2H3,(H,23,24,25)/t16-/m0/s1. The van der Waals surface area contributed by atoms with Crippen molar-refractivity contribution in [3.8, 4) is 11.8 Å². The summed E-state index contributed by atoms with van der Waals surface area (Å²) in [5.41, 5.74) is 2.84. The van der Waals surface area contributed by atoms with Crippen LogP contribution in [0.4, 0.5) is 5.69 Å². The predicted molar refractivity (Wildman–Crippen MR) is 109 cm³/mol. The summed E-state index contributed by atoms with van der Waals surface area (Å²) in [7, 11) is 8.87. The fourth-order valence-corrected chi connectivity index (χ4v) is 3.48. The summed E-state index contributed by atoms with van der Waals surface area (Å²) in [5, 5.41) is 6.54. The second-order valence-electron chi connectivity index (χ2n) is 7.56. The third kappa shape index (κ3) is 3.90. The highest BCUT2D eigenvalue weighted by Crippen LogP contribution is 2.30. The normalized spacial score (nSPS) is 18.5. The molecule has 0 spiro atoms. The number of aromatic nitrogens is 3. The minimum Gasteiger partial charge on any atom is -0.327 e. The van der Waals surface area contributed by atoms with E-state index in [-0.39, 0.29) is 18.1 Å². The number of anilines is 1. The van der Waals surface area contributed by atoms with Gasteiger partial charge in [0, 0.05) is 31.3 Å². The molecule has 1 saturated carbocycles. The minimum atomic E-state index is -0.597. The van der Waals surface area contributed by atoms with Gasteiger partial charge in [-0.05, 0) is 49.7 Å². The number of hydrogen-bond acceptors (Lipinski definition) is 4. The molecule has 146 valence electrons. The number of likely N-dealkylation sites (N-methyl/N-ethyl adjacent to an activating group) is 2. The van der Waals surface area contributed by atoms with E-state index in [1.54, 1.807) is 19.0 Å². The summed E-state index contributed by atoms with van der Waals surface area (Å²) in [6.45, 7) is 0. The van der Waals surface area contributed by atoms with Crippen LogP contribution in [0.2, 0.25) is 0 Å². The molecule has 2 amide bonds. The fraction of sp³-hybridized carbons (Fsp3) is 0.429. The lowest BCUT2D eigenvalue weighted by Crippen LogP contribution is -2.48. The van der Waals surface area contributed by atoms with E-state index in [1.807, 2.05) is 18.2 Å². The van der Waals surface area contributed by atoms with E-state index in [2.05, 4.69) is 27.0 Å². The van der Waals surface area contributed by atoms with E-state index in [9.17, 15) is 9.59 Å². The van der Waals surface area contributed by atoms with E-state index < -0.39 is 11.9 Å². The number of benzene rings is 1. The van der Waals surface area contributed by atoms with E-state index in [4.69, 9.17) is 7.85 Å². The first-order valence-corrected chi connectivity index (χ1v) is 9.78. The number of H-pyrrole nitrogens is 1. The second kappa shape index (κ2) is 7.74. The fourth-order valence-electron chi connectivity index (χ4n) is 3.48. The highest BCUT2D eigenvalue weighted by molar-refractivity contribution is 6.08. The molecule has 1 N–H and O–H groups in total. The smallest absolute Gasteiger partial charge is 0.293 e. The largest absolute Gasteiger partial charge is 0.327 e. The summed E-state index contributed by atoms with van der Waals surface area (Å²) in [4.78, 5) is 33.1. The van der Waals surface area contributed by atoms with Gasteiger partial charge in [0.25, 0.3) is 5.91 Å². The number of carbonyl (C=O) groups excluding carboxylic acids is 2. The zero-order valence-electron chi connectivity index (χ0n) is 16.6. The number of fused-ring (bicyclic) bond motifs is 1. The number of nitrogens with zero attached hydrogens (tertiary/aromatic N) is 4. The summed E-state index contributed by atoms with van der Waals surface area (Å²) in [5.74, 6) is 6.89. The number of hydrogen-bond donors (Lipinski definition) is 1. The first-order chi connectivity index (χ1) is 14.0. The quantitative estimate of drug-likeness (QED) is 0.636. The average Bonchev–Trinajstić information content (AvgIpc) is 3.47. The summed E-state index contributed by atoms with van der Waals surface area (Å²) in [6.07, 6.45) is 3.73. The van der Waals surface area contributed by atoms with Crippen molar-refractivity contribution in [3.05, 3.63) is 41.0 Å². The van der Waals surface area contributed by atoms with Crippen molar-refractivity contribution in [2.75, 3.05) is 19.0 Å². The topological polar surface area (TPSA) is 82.2 Å². The van der Waals surface area contributed by atoms with Crippen LogP contribution in [0.5, 0.6) is 0 Å². The molecule has 2 heterocycles. The molecule has 1 aromatic heterocycles. The highest BCUT2D eigenvalue weighted by Gasteiger charge is 2.34. The summed E-state index contributed by atoms with van der Waals surface area (Å²) < 4.78 is 0. The molecule has 1 atom stereocenters. The molecule has 2 aliphatic rings. The van der Waals surface area contributed by atoms with Gasteiger partial charge in [-0.1, -0.05) is 17.9 Å². The molecule has 0 bridgehead atoms. The van der Waals surface area contributed by atoms with Gasteiger partial charge >= 0.3 is 0 Å². The highest BCUT2D eigenvalue weighted by atomic mass is 16.2. The Morgan fingerprint density at radius 1 is 1.38 bits per heavy atom. The van der Waals surface area contributed by atoms with Crippen LogP contribution in [-0.4, -0.2) is 59.9 Å². The van der Waals surface area contributed by atoms with Crippen LogP contribution in [0, 0.1) is 17.8 Å². The van der Waals surface area contributed by atoms with Crippen LogP contribution < -0.4 is 4.90 Å². The average molecular weight is 387 g/mol. The molecule has 0 unspecified atom stereocenters. The zero-order chi connectivity index (χ0) is 20.5. The Hall–Kier alpha value is -3.08. The molecule has 8 heteroatoms. The lowest BCUT2D eigenvalue weighted by atomic mass is 10.0. The molecular formula is C21H22BN5O2. The first kappa shape index (κ1) is 19.3. The number of carbonyl (C=O) groups is 2. The van der Waals surface area contributed by atoms with E-state index in [1.165, 1.54) is 17.7 Å².